The second-order valence-corrected chi connectivity index (χ2v) is 6.87. The summed E-state index contributed by atoms with van der Waals surface area (Å²) in [7, 11) is 3.12. The molecule has 0 saturated carbocycles. The molecule has 0 heterocycles. The summed E-state index contributed by atoms with van der Waals surface area (Å²) in [5.74, 6) is 0.575. The van der Waals surface area contributed by atoms with Gasteiger partial charge < -0.3 is 20.1 Å². The molecule has 7 heteroatoms. The van der Waals surface area contributed by atoms with Crippen LogP contribution in [0.5, 0.6) is 11.5 Å². The number of carbonyl (C=O) groups is 2. The highest BCUT2D eigenvalue weighted by Gasteiger charge is 2.10. The third-order valence-electron chi connectivity index (χ3n) is 4.39. The number of carbonyl (C=O) groups excluding carboxylic acids is 2. The highest BCUT2D eigenvalue weighted by atomic mass is 35.5. The van der Waals surface area contributed by atoms with E-state index in [1.807, 2.05) is 0 Å². The number of amides is 2. The summed E-state index contributed by atoms with van der Waals surface area (Å²) in [5, 5.41) is 6.13. The fourth-order valence-corrected chi connectivity index (χ4v) is 2.92. The smallest absolute Gasteiger partial charge is 0.255 e. The van der Waals surface area contributed by atoms with Crippen molar-refractivity contribution in [3.05, 3.63) is 89.0 Å². The van der Waals surface area contributed by atoms with Crippen LogP contribution in [0.15, 0.2) is 72.8 Å². The molecule has 0 spiro atoms. The second kappa shape index (κ2) is 10.3. The Hall–Kier alpha value is -3.77. The van der Waals surface area contributed by atoms with Crippen LogP contribution in [-0.4, -0.2) is 26.0 Å². The minimum absolute atomic E-state index is 0.308. The quantitative estimate of drug-likeness (QED) is 0.495. The molecule has 158 valence electrons. The molecule has 0 aromatic heterocycles. The first kappa shape index (κ1) is 21.9. The van der Waals surface area contributed by atoms with Crippen LogP contribution in [0.25, 0.3) is 6.08 Å². The predicted octanol–water partition coefficient (Wildman–Crippen LogP) is 5.26. The van der Waals surface area contributed by atoms with Crippen LogP contribution in [0, 0.1) is 0 Å². The van der Waals surface area contributed by atoms with Gasteiger partial charge in [0.15, 0.2) is 0 Å². The van der Waals surface area contributed by atoms with Gasteiger partial charge in [-0.2, -0.15) is 0 Å². The van der Waals surface area contributed by atoms with E-state index in [2.05, 4.69) is 10.6 Å². The maximum Gasteiger partial charge on any atom is 0.255 e. The molecule has 2 N–H and O–H groups in total. The van der Waals surface area contributed by atoms with Crippen molar-refractivity contribution in [1.29, 1.82) is 0 Å². The summed E-state index contributed by atoms with van der Waals surface area (Å²) in [6.07, 6.45) is 3.03. The van der Waals surface area contributed by atoms with Crippen LogP contribution in [0.2, 0.25) is 5.02 Å². The molecular formula is C24H21ClN2O4. The highest BCUT2D eigenvalue weighted by molar-refractivity contribution is 6.30. The fourth-order valence-electron chi connectivity index (χ4n) is 2.79. The molecule has 0 aliphatic rings. The topological polar surface area (TPSA) is 76.7 Å². The van der Waals surface area contributed by atoms with Crippen LogP contribution < -0.4 is 20.1 Å². The second-order valence-electron chi connectivity index (χ2n) is 6.44. The highest BCUT2D eigenvalue weighted by Crippen LogP contribution is 2.26. The van der Waals surface area contributed by atoms with Gasteiger partial charge in [0.05, 0.1) is 25.6 Å². The number of benzene rings is 3. The van der Waals surface area contributed by atoms with Crippen LogP contribution in [0.1, 0.15) is 15.9 Å². The minimum atomic E-state index is -0.355. The summed E-state index contributed by atoms with van der Waals surface area (Å²) < 4.78 is 10.5. The van der Waals surface area contributed by atoms with Gasteiger partial charge in [0.2, 0.25) is 5.91 Å². The molecule has 6 nitrogen and oxygen atoms in total. The van der Waals surface area contributed by atoms with Crippen molar-refractivity contribution in [3.8, 4) is 11.5 Å². The Kier molecular flexibility index (Phi) is 7.30. The average molecular weight is 437 g/mol. The molecule has 0 aliphatic carbocycles. The predicted molar refractivity (Wildman–Crippen MR) is 123 cm³/mol. The molecule has 0 bridgehead atoms. The molecule has 0 atom stereocenters. The first-order valence-electron chi connectivity index (χ1n) is 9.37. The number of hydrogen-bond donors (Lipinski definition) is 2. The Balaban J connectivity index is 1.72. The zero-order chi connectivity index (χ0) is 22.2. The van der Waals surface area contributed by atoms with E-state index in [1.54, 1.807) is 87.0 Å². The lowest BCUT2D eigenvalue weighted by Gasteiger charge is -2.11. The first-order valence-corrected chi connectivity index (χ1v) is 9.75. The van der Waals surface area contributed by atoms with Crippen molar-refractivity contribution in [2.24, 2.45) is 0 Å². The van der Waals surface area contributed by atoms with Crippen molar-refractivity contribution < 1.29 is 19.1 Å². The molecule has 31 heavy (non-hydrogen) atoms. The number of nitrogens with one attached hydrogen (secondary N) is 2. The number of anilines is 2. The lowest BCUT2D eigenvalue weighted by Crippen LogP contribution is -2.15. The monoisotopic (exact) mass is 436 g/mol. The van der Waals surface area contributed by atoms with Crippen molar-refractivity contribution in [1.82, 2.24) is 0 Å². The zero-order valence-electron chi connectivity index (χ0n) is 17.0. The van der Waals surface area contributed by atoms with Gasteiger partial charge >= 0.3 is 0 Å². The Morgan fingerprint density at radius 3 is 2.19 bits per heavy atom. The molecular weight excluding hydrogens is 416 g/mol. The van der Waals surface area contributed by atoms with E-state index < -0.39 is 0 Å². The van der Waals surface area contributed by atoms with Crippen molar-refractivity contribution in [3.63, 3.8) is 0 Å². The van der Waals surface area contributed by atoms with Crippen molar-refractivity contribution in [2.45, 2.75) is 0 Å². The van der Waals surface area contributed by atoms with E-state index in [9.17, 15) is 9.59 Å². The normalized spacial score (nSPS) is 10.5. The Morgan fingerprint density at radius 1 is 0.871 bits per heavy atom. The average Bonchev–Trinajstić information content (AvgIpc) is 2.79. The Labute approximate surface area is 185 Å². The number of methoxy groups -OCH3 is 2. The Morgan fingerprint density at radius 2 is 1.55 bits per heavy atom. The van der Waals surface area contributed by atoms with Crippen LogP contribution in [0.3, 0.4) is 0 Å². The molecule has 0 saturated heterocycles. The number of para-hydroxylation sites is 2. The standard InChI is InChI=1S/C24H21ClN2O4/c1-30-19-13-9-16(22(15-19)31-2)10-14-23(28)26-20-5-3-4-6-21(20)27-24(29)17-7-11-18(25)12-8-17/h3-15H,1-2H3,(H,26,28)(H,27,29)/b14-10+. The maximum absolute atomic E-state index is 12.5. The van der Waals surface area contributed by atoms with Gasteiger partial charge in [-0.25, -0.2) is 0 Å². The van der Waals surface area contributed by atoms with E-state index >= 15 is 0 Å². The zero-order valence-corrected chi connectivity index (χ0v) is 17.8. The molecule has 0 aliphatic heterocycles. The van der Waals surface area contributed by atoms with Gasteiger partial charge in [0, 0.05) is 28.3 Å². The van der Waals surface area contributed by atoms with Gasteiger partial charge in [-0.15, -0.1) is 0 Å². The van der Waals surface area contributed by atoms with Gasteiger partial charge in [-0.1, -0.05) is 23.7 Å². The van der Waals surface area contributed by atoms with Crippen LogP contribution in [-0.2, 0) is 4.79 Å². The maximum atomic E-state index is 12.5. The number of ether oxygens (including phenoxy) is 2. The van der Waals surface area contributed by atoms with Crippen LogP contribution in [0.4, 0.5) is 11.4 Å². The molecule has 0 radical (unpaired) electrons. The Bertz CT molecular complexity index is 1110. The van der Waals surface area contributed by atoms with Crippen molar-refractivity contribution in [2.75, 3.05) is 24.9 Å². The van der Waals surface area contributed by atoms with Crippen molar-refractivity contribution >= 4 is 40.9 Å². The minimum Gasteiger partial charge on any atom is -0.497 e. The van der Waals surface area contributed by atoms with E-state index in [0.29, 0.717) is 33.5 Å². The lowest BCUT2D eigenvalue weighted by molar-refractivity contribution is -0.111. The third kappa shape index (κ3) is 5.87. The lowest BCUT2D eigenvalue weighted by atomic mass is 10.1. The SMILES string of the molecule is COc1ccc(/C=C/C(=O)Nc2ccccc2NC(=O)c2ccc(Cl)cc2)c(OC)c1. The van der Waals surface area contributed by atoms with E-state index in [-0.39, 0.29) is 11.8 Å². The number of halogens is 1. The van der Waals surface area contributed by atoms with Gasteiger partial charge in [0.1, 0.15) is 11.5 Å². The summed E-state index contributed by atoms with van der Waals surface area (Å²) in [5.41, 5.74) is 2.13. The molecule has 3 aromatic carbocycles. The molecule has 0 unspecified atom stereocenters. The molecule has 3 rings (SSSR count). The van der Waals surface area contributed by atoms with E-state index in [0.717, 1.165) is 5.56 Å². The van der Waals surface area contributed by atoms with Gasteiger partial charge in [-0.05, 0) is 54.6 Å². The van der Waals surface area contributed by atoms with E-state index in [1.165, 1.54) is 6.08 Å². The third-order valence-corrected chi connectivity index (χ3v) is 4.65. The summed E-state index contributed by atoms with van der Waals surface area (Å²) in [6, 6.07) is 18.8. The van der Waals surface area contributed by atoms with E-state index in [4.69, 9.17) is 21.1 Å². The number of hydrogen-bond acceptors (Lipinski definition) is 4. The molecule has 3 aromatic rings. The largest absolute Gasteiger partial charge is 0.497 e. The summed E-state index contributed by atoms with van der Waals surface area (Å²) in [6.45, 7) is 0. The summed E-state index contributed by atoms with van der Waals surface area (Å²) in [4.78, 5) is 25.0. The number of rotatable bonds is 7. The summed E-state index contributed by atoms with van der Waals surface area (Å²) >= 11 is 5.87. The van der Waals surface area contributed by atoms with Gasteiger partial charge in [-0.3, -0.25) is 9.59 Å². The van der Waals surface area contributed by atoms with Crippen LogP contribution >= 0.6 is 11.6 Å². The van der Waals surface area contributed by atoms with Gasteiger partial charge in [0.25, 0.3) is 5.91 Å². The first-order chi connectivity index (χ1) is 15.0. The molecule has 2 amide bonds. The fraction of sp³-hybridized carbons (Fsp3) is 0.0833. The molecule has 0 fully saturated rings.